The second-order valence-corrected chi connectivity index (χ2v) is 8.78. The average Bonchev–Trinajstić information content (AvgIpc) is 3.30. The minimum Gasteiger partial charge on any atom is -0.497 e. The molecule has 1 atom stereocenters. The third-order valence-corrected chi connectivity index (χ3v) is 6.50. The van der Waals surface area contributed by atoms with Gasteiger partial charge in [-0.3, -0.25) is 9.20 Å². The highest BCUT2D eigenvalue weighted by atomic mass is 127. The fourth-order valence-corrected chi connectivity index (χ4v) is 4.44. The van der Waals surface area contributed by atoms with E-state index in [0.717, 1.165) is 34.8 Å². The van der Waals surface area contributed by atoms with Crippen molar-refractivity contribution in [1.82, 2.24) is 10.6 Å². The van der Waals surface area contributed by atoms with Crippen LogP contribution in [-0.4, -0.2) is 42.7 Å². The molecule has 6 nitrogen and oxygen atoms in total. The predicted octanol–water partition coefficient (Wildman–Crippen LogP) is 4.11. The lowest BCUT2D eigenvalue weighted by atomic mass is 10.2. The molecule has 2 N–H and O–H groups in total. The van der Waals surface area contributed by atoms with Gasteiger partial charge in [0.25, 0.3) is 0 Å². The van der Waals surface area contributed by atoms with E-state index in [1.807, 2.05) is 48.5 Å². The van der Waals surface area contributed by atoms with Crippen molar-refractivity contribution in [1.29, 1.82) is 0 Å². The summed E-state index contributed by atoms with van der Waals surface area (Å²) in [6, 6.07) is 15.4. The largest absolute Gasteiger partial charge is 0.497 e. The zero-order chi connectivity index (χ0) is 21.2. The van der Waals surface area contributed by atoms with E-state index in [1.165, 1.54) is 12.8 Å². The molecule has 0 aliphatic heterocycles. The number of aliphatic imine (C=N–C) groups is 1. The number of hydrogen-bond acceptors (Lipinski definition) is 4. The first-order chi connectivity index (χ1) is 14.7. The van der Waals surface area contributed by atoms with Gasteiger partial charge in [-0.05, 0) is 49.9 Å². The first kappa shape index (κ1) is 25.5. The first-order valence-corrected chi connectivity index (χ1v) is 11.7. The van der Waals surface area contributed by atoms with Gasteiger partial charge in [0.05, 0.1) is 24.0 Å². The molecule has 1 saturated carbocycles. The highest BCUT2D eigenvalue weighted by Gasteiger charge is 2.18. The number of halogens is 1. The summed E-state index contributed by atoms with van der Waals surface area (Å²) in [7, 11) is 2.36. The molecular formula is C23H32IN3O3S. The molecular weight excluding hydrogens is 525 g/mol. The molecule has 1 fully saturated rings. The Kier molecular flexibility index (Phi) is 11.1. The zero-order valence-corrected chi connectivity index (χ0v) is 21.3. The number of guanidine groups is 1. The van der Waals surface area contributed by atoms with Crippen LogP contribution in [0.2, 0.25) is 0 Å². The second-order valence-electron chi connectivity index (χ2n) is 7.21. The normalized spacial score (nSPS) is 15.1. The number of nitrogens with zero attached hydrogens (tertiary/aromatic N) is 1. The van der Waals surface area contributed by atoms with E-state index in [4.69, 9.17) is 9.47 Å². The van der Waals surface area contributed by atoms with Crippen molar-refractivity contribution in [3.63, 3.8) is 0 Å². The van der Waals surface area contributed by atoms with Gasteiger partial charge in [-0.15, -0.1) is 24.0 Å². The maximum absolute atomic E-state index is 12.3. The van der Waals surface area contributed by atoms with Crippen LogP contribution in [-0.2, 0) is 17.3 Å². The molecule has 1 aliphatic carbocycles. The van der Waals surface area contributed by atoms with Gasteiger partial charge in [-0.25, -0.2) is 0 Å². The number of hydrogen-bond donors (Lipinski definition) is 2. The molecule has 170 valence electrons. The van der Waals surface area contributed by atoms with Gasteiger partial charge in [0.1, 0.15) is 11.5 Å². The molecule has 3 rings (SSSR count). The summed E-state index contributed by atoms with van der Waals surface area (Å²) >= 11 is 0. The minimum absolute atomic E-state index is 0. The second kappa shape index (κ2) is 13.6. The molecule has 0 heterocycles. The summed E-state index contributed by atoms with van der Waals surface area (Å²) in [6.45, 7) is 1.14. The van der Waals surface area contributed by atoms with Crippen molar-refractivity contribution in [2.45, 2.75) is 43.2 Å². The topological polar surface area (TPSA) is 72.0 Å². The van der Waals surface area contributed by atoms with Gasteiger partial charge in [0, 0.05) is 42.4 Å². The number of nitrogens with one attached hydrogen (secondary N) is 2. The quantitative estimate of drug-likeness (QED) is 0.276. The van der Waals surface area contributed by atoms with E-state index >= 15 is 0 Å². The van der Waals surface area contributed by atoms with Crippen molar-refractivity contribution in [3.05, 3.63) is 54.1 Å². The number of ether oxygens (including phenoxy) is 2. The van der Waals surface area contributed by atoms with E-state index in [0.29, 0.717) is 24.8 Å². The molecule has 0 bridgehead atoms. The van der Waals surface area contributed by atoms with Crippen LogP contribution in [0.3, 0.4) is 0 Å². The molecule has 1 aliphatic rings. The third-order valence-electron chi connectivity index (χ3n) is 5.13. The molecule has 8 heteroatoms. The Labute approximate surface area is 204 Å². The number of rotatable bonds is 9. The summed E-state index contributed by atoms with van der Waals surface area (Å²) in [5.74, 6) is 2.83. The lowest BCUT2D eigenvalue weighted by Crippen LogP contribution is -2.38. The van der Waals surface area contributed by atoms with Crippen LogP contribution >= 0.6 is 24.0 Å². The highest BCUT2D eigenvalue weighted by Crippen LogP contribution is 2.29. The Morgan fingerprint density at radius 3 is 2.55 bits per heavy atom. The van der Waals surface area contributed by atoms with Crippen LogP contribution in [0.5, 0.6) is 11.5 Å². The average molecular weight is 557 g/mol. The summed E-state index contributed by atoms with van der Waals surface area (Å²) in [5, 5.41) is 6.56. The van der Waals surface area contributed by atoms with Crippen LogP contribution in [0.15, 0.2) is 58.4 Å². The summed E-state index contributed by atoms with van der Waals surface area (Å²) in [5.41, 5.74) is 1.05. The van der Waals surface area contributed by atoms with E-state index in [2.05, 4.69) is 15.6 Å². The van der Waals surface area contributed by atoms with Crippen LogP contribution < -0.4 is 20.1 Å². The Balaban J connectivity index is 0.00000341. The fourth-order valence-electron chi connectivity index (χ4n) is 3.46. The predicted molar refractivity (Wildman–Crippen MR) is 137 cm³/mol. The van der Waals surface area contributed by atoms with Gasteiger partial charge in [0.15, 0.2) is 5.96 Å². The fraction of sp³-hybridized carbons (Fsp3) is 0.435. The molecule has 0 spiro atoms. The van der Waals surface area contributed by atoms with Crippen molar-refractivity contribution in [2.75, 3.05) is 26.5 Å². The van der Waals surface area contributed by atoms with Gasteiger partial charge in [-0.1, -0.05) is 18.2 Å². The highest BCUT2D eigenvalue weighted by molar-refractivity contribution is 14.0. The smallest absolute Gasteiger partial charge is 0.191 e. The van der Waals surface area contributed by atoms with Gasteiger partial charge < -0.3 is 20.1 Å². The van der Waals surface area contributed by atoms with Crippen LogP contribution in [0, 0.1) is 0 Å². The molecule has 0 aromatic heterocycles. The Bertz CT molecular complexity index is 858. The maximum atomic E-state index is 12.3. The van der Waals surface area contributed by atoms with Crippen LogP contribution in [0.25, 0.3) is 0 Å². The molecule has 0 saturated heterocycles. The van der Waals surface area contributed by atoms with Crippen molar-refractivity contribution in [3.8, 4) is 11.5 Å². The number of methoxy groups -OCH3 is 1. The first-order valence-electron chi connectivity index (χ1n) is 10.4. The van der Waals surface area contributed by atoms with E-state index < -0.39 is 10.8 Å². The summed E-state index contributed by atoms with van der Waals surface area (Å²) < 4.78 is 24.0. The monoisotopic (exact) mass is 557 g/mol. The van der Waals surface area contributed by atoms with Gasteiger partial charge in [-0.2, -0.15) is 0 Å². The summed E-state index contributed by atoms with van der Waals surface area (Å²) in [6.07, 6.45) is 4.94. The zero-order valence-electron chi connectivity index (χ0n) is 18.1. The molecule has 0 amide bonds. The summed E-state index contributed by atoms with van der Waals surface area (Å²) in [4.78, 5) is 5.11. The van der Waals surface area contributed by atoms with Crippen LogP contribution in [0.4, 0.5) is 0 Å². The van der Waals surface area contributed by atoms with Gasteiger partial charge >= 0.3 is 0 Å². The Morgan fingerprint density at radius 1 is 1.13 bits per heavy atom. The van der Waals surface area contributed by atoms with E-state index in [9.17, 15) is 4.21 Å². The molecule has 1 unspecified atom stereocenters. The lowest BCUT2D eigenvalue weighted by Gasteiger charge is -2.19. The van der Waals surface area contributed by atoms with Crippen molar-refractivity contribution < 1.29 is 13.7 Å². The maximum Gasteiger partial charge on any atom is 0.191 e. The molecule has 31 heavy (non-hydrogen) atoms. The van der Waals surface area contributed by atoms with Gasteiger partial charge in [0.2, 0.25) is 0 Å². The van der Waals surface area contributed by atoms with Crippen LogP contribution in [0.1, 0.15) is 31.2 Å². The van der Waals surface area contributed by atoms with Crippen molar-refractivity contribution >= 4 is 40.7 Å². The Morgan fingerprint density at radius 2 is 1.87 bits per heavy atom. The molecule has 0 radical (unpaired) electrons. The molecule has 2 aromatic carbocycles. The van der Waals surface area contributed by atoms with E-state index in [1.54, 1.807) is 14.2 Å². The third kappa shape index (κ3) is 7.99. The minimum atomic E-state index is -1.03. The molecule has 2 aromatic rings. The van der Waals surface area contributed by atoms with Crippen molar-refractivity contribution in [2.24, 2.45) is 4.99 Å². The SMILES string of the molecule is CN=C(NCCS(=O)c1ccccc1)NCc1ccc(OC)cc1OC1CCCC1.I. The standard InChI is InChI=1S/C23H31N3O3S.HI/c1-24-23(25-14-15-30(27)21-10-4-3-5-11-21)26-17-18-12-13-20(28-2)16-22(18)29-19-8-6-7-9-19;/h3-5,10-13,16,19H,6-9,14-15,17H2,1-2H3,(H2,24,25,26);1H. The number of benzene rings is 2. The lowest BCUT2D eigenvalue weighted by molar-refractivity contribution is 0.207. The van der Waals surface area contributed by atoms with E-state index in [-0.39, 0.29) is 30.1 Å². The Hall–Kier alpha value is -1.81.